The number of carbonyl (C=O) groups is 1. The number of rotatable bonds is 0. The van der Waals surface area contributed by atoms with Gasteiger partial charge in [-0.2, -0.15) is 0 Å². The van der Waals surface area contributed by atoms with Crippen LogP contribution in [0.25, 0.3) is 21.8 Å². The van der Waals surface area contributed by atoms with Gasteiger partial charge in [0.05, 0.1) is 11.0 Å². The first kappa shape index (κ1) is 14.1. The minimum Gasteiger partial charge on any atom is -0.443 e. The first-order valence-electron chi connectivity index (χ1n) is 6.79. The van der Waals surface area contributed by atoms with Crippen molar-refractivity contribution in [2.24, 2.45) is 0 Å². The number of nitrogens with zero attached hydrogens (tertiary/aromatic N) is 1. The van der Waals surface area contributed by atoms with Crippen LogP contribution in [-0.4, -0.2) is 16.3 Å². The Morgan fingerprint density at radius 2 is 1.71 bits per heavy atom. The highest BCUT2D eigenvalue weighted by Crippen LogP contribution is 2.34. The molecule has 0 aliphatic heterocycles. The summed E-state index contributed by atoms with van der Waals surface area (Å²) in [6.07, 6.45) is -0.361. The van der Waals surface area contributed by atoms with Crippen LogP contribution in [0.1, 0.15) is 20.8 Å². The van der Waals surface area contributed by atoms with Crippen LogP contribution in [0.2, 0.25) is 0 Å². The lowest BCUT2D eigenvalue weighted by atomic mass is 10.2. The lowest BCUT2D eigenvalue weighted by molar-refractivity contribution is 0.0551. The Morgan fingerprint density at radius 3 is 2.43 bits per heavy atom. The van der Waals surface area contributed by atoms with Crippen LogP contribution in [0, 0.1) is 0 Å². The van der Waals surface area contributed by atoms with Gasteiger partial charge in [-0.15, -0.1) is 0 Å². The quantitative estimate of drug-likeness (QED) is 0.550. The standard InChI is InChI=1S/C17H16BrNO2/c1-17(2,3)21-16(20)19-14-10-5-4-7-11(14)12-8-6-9-13(18)15(12)19/h4-10H,1-3H3. The van der Waals surface area contributed by atoms with Crippen LogP contribution in [0.4, 0.5) is 4.79 Å². The van der Waals surface area contributed by atoms with Crippen LogP contribution in [0.15, 0.2) is 46.9 Å². The average molecular weight is 346 g/mol. The number of benzene rings is 2. The molecule has 108 valence electrons. The third-order valence-corrected chi connectivity index (χ3v) is 3.86. The van der Waals surface area contributed by atoms with Crippen LogP contribution in [0.5, 0.6) is 0 Å². The Kier molecular flexibility index (Phi) is 3.29. The smallest absolute Gasteiger partial charge is 0.419 e. The van der Waals surface area contributed by atoms with Gasteiger partial charge in [0.25, 0.3) is 0 Å². The van der Waals surface area contributed by atoms with Crippen LogP contribution in [-0.2, 0) is 4.74 Å². The van der Waals surface area contributed by atoms with Crippen molar-refractivity contribution in [3.8, 4) is 0 Å². The summed E-state index contributed by atoms with van der Waals surface area (Å²) in [6.45, 7) is 5.61. The van der Waals surface area contributed by atoms with Gasteiger partial charge in [-0.05, 0) is 48.8 Å². The molecule has 0 atom stereocenters. The highest BCUT2D eigenvalue weighted by molar-refractivity contribution is 9.10. The van der Waals surface area contributed by atoms with Gasteiger partial charge in [0.1, 0.15) is 5.60 Å². The number of hydrogen-bond donors (Lipinski definition) is 0. The highest BCUT2D eigenvalue weighted by atomic mass is 79.9. The van der Waals surface area contributed by atoms with Crippen molar-refractivity contribution in [3.63, 3.8) is 0 Å². The van der Waals surface area contributed by atoms with Gasteiger partial charge >= 0.3 is 6.09 Å². The van der Waals surface area contributed by atoms with Gasteiger partial charge in [0.2, 0.25) is 0 Å². The lowest BCUT2D eigenvalue weighted by Crippen LogP contribution is -2.27. The summed E-state index contributed by atoms with van der Waals surface area (Å²) in [5, 5.41) is 2.07. The van der Waals surface area contributed by atoms with Gasteiger partial charge in [-0.1, -0.05) is 30.3 Å². The molecule has 0 spiro atoms. The SMILES string of the molecule is CC(C)(C)OC(=O)n1c2ccccc2c2cccc(Br)c21. The Morgan fingerprint density at radius 1 is 1.05 bits per heavy atom. The van der Waals surface area contributed by atoms with Gasteiger partial charge < -0.3 is 4.74 Å². The van der Waals surface area contributed by atoms with E-state index in [1.807, 2.05) is 63.2 Å². The van der Waals surface area contributed by atoms with Crippen molar-refractivity contribution in [2.75, 3.05) is 0 Å². The molecule has 4 heteroatoms. The summed E-state index contributed by atoms with van der Waals surface area (Å²) in [5.74, 6) is 0. The molecule has 2 aromatic carbocycles. The minimum absolute atomic E-state index is 0.361. The zero-order valence-electron chi connectivity index (χ0n) is 12.2. The van der Waals surface area contributed by atoms with Gasteiger partial charge in [0, 0.05) is 15.2 Å². The maximum absolute atomic E-state index is 12.6. The van der Waals surface area contributed by atoms with E-state index in [0.717, 1.165) is 26.3 Å². The number of ether oxygens (including phenoxy) is 1. The fraction of sp³-hybridized carbons (Fsp3) is 0.235. The van der Waals surface area contributed by atoms with Crippen molar-refractivity contribution < 1.29 is 9.53 Å². The topological polar surface area (TPSA) is 31.2 Å². The van der Waals surface area contributed by atoms with Crippen LogP contribution in [0.3, 0.4) is 0 Å². The molecule has 1 heterocycles. The van der Waals surface area contributed by atoms with E-state index >= 15 is 0 Å². The molecule has 3 aromatic rings. The van der Waals surface area contributed by atoms with Gasteiger partial charge in [-0.25, -0.2) is 9.36 Å². The average Bonchev–Trinajstić information content (AvgIpc) is 2.73. The largest absolute Gasteiger partial charge is 0.443 e. The summed E-state index contributed by atoms with van der Waals surface area (Å²) >= 11 is 3.55. The van der Waals surface area contributed by atoms with E-state index in [1.54, 1.807) is 4.57 Å². The molecule has 0 N–H and O–H groups in total. The second kappa shape index (κ2) is 4.88. The normalized spacial score (nSPS) is 12.0. The number of fused-ring (bicyclic) bond motifs is 3. The fourth-order valence-corrected chi connectivity index (χ4v) is 3.02. The van der Waals surface area contributed by atoms with E-state index in [-0.39, 0.29) is 6.09 Å². The number of carbonyl (C=O) groups excluding carboxylic acids is 1. The number of halogens is 1. The Hall–Kier alpha value is -1.81. The predicted octanol–water partition coefficient (Wildman–Crippen LogP) is 5.34. The Balaban J connectivity index is 2.36. The molecule has 3 rings (SSSR count). The van der Waals surface area contributed by atoms with Crippen molar-refractivity contribution in [2.45, 2.75) is 26.4 Å². The number of hydrogen-bond acceptors (Lipinski definition) is 2. The molecule has 1 aromatic heterocycles. The molecule has 0 bridgehead atoms. The summed E-state index contributed by atoms with van der Waals surface area (Å²) in [6, 6.07) is 13.8. The van der Waals surface area contributed by atoms with Gasteiger partial charge in [-0.3, -0.25) is 0 Å². The molecule has 3 nitrogen and oxygen atoms in total. The molecule has 0 fully saturated rings. The van der Waals surface area contributed by atoms with E-state index in [0.29, 0.717) is 0 Å². The van der Waals surface area contributed by atoms with E-state index in [2.05, 4.69) is 15.9 Å². The Bertz CT molecular complexity index is 843. The summed E-state index contributed by atoms with van der Waals surface area (Å²) in [4.78, 5) is 12.6. The first-order chi connectivity index (χ1) is 9.88. The molecule has 0 aliphatic rings. The molecule has 0 saturated carbocycles. The summed E-state index contributed by atoms with van der Waals surface area (Å²) < 4.78 is 8.07. The van der Waals surface area contributed by atoms with Crippen LogP contribution < -0.4 is 0 Å². The van der Waals surface area contributed by atoms with E-state index in [1.165, 1.54) is 0 Å². The molecular formula is C17H16BrNO2. The van der Waals surface area contributed by atoms with E-state index in [9.17, 15) is 4.79 Å². The van der Waals surface area contributed by atoms with Crippen molar-refractivity contribution in [1.82, 2.24) is 4.57 Å². The molecule has 0 amide bonds. The molecular weight excluding hydrogens is 330 g/mol. The summed E-state index contributed by atoms with van der Waals surface area (Å²) in [7, 11) is 0. The third kappa shape index (κ3) is 2.44. The monoisotopic (exact) mass is 345 g/mol. The number of para-hydroxylation sites is 2. The zero-order valence-corrected chi connectivity index (χ0v) is 13.8. The molecule has 21 heavy (non-hydrogen) atoms. The second-order valence-electron chi connectivity index (χ2n) is 5.97. The second-order valence-corrected chi connectivity index (χ2v) is 6.82. The highest BCUT2D eigenvalue weighted by Gasteiger charge is 2.23. The number of aromatic nitrogens is 1. The Labute approximate surface area is 131 Å². The van der Waals surface area contributed by atoms with Crippen molar-refractivity contribution >= 4 is 43.8 Å². The van der Waals surface area contributed by atoms with E-state index < -0.39 is 5.60 Å². The molecule has 0 radical (unpaired) electrons. The molecule has 0 aliphatic carbocycles. The maximum atomic E-state index is 12.6. The summed E-state index contributed by atoms with van der Waals surface area (Å²) in [5.41, 5.74) is 1.16. The van der Waals surface area contributed by atoms with E-state index in [4.69, 9.17) is 4.74 Å². The predicted molar refractivity (Wildman–Crippen MR) is 88.8 cm³/mol. The van der Waals surface area contributed by atoms with Gasteiger partial charge in [0.15, 0.2) is 0 Å². The maximum Gasteiger partial charge on any atom is 0.419 e. The van der Waals surface area contributed by atoms with Crippen LogP contribution >= 0.6 is 15.9 Å². The minimum atomic E-state index is -0.532. The fourth-order valence-electron chi connectivity index (χ4n) is 2.47. The van der Waals surface area contributed by atoms with Crippen molar-refractivity contribution in [1.29, 1.82) is 0 Å². The zero-order chi connectivity index (χ0) is 15.2. The lowest BCUT2D eigenvalue weighted by Gasteiger charge is -2.20. The molecule has 0 unspecified atom stereocenters. The van der Waals surface area contributed by atoms with Crippen molar-refractivity contribution in [3.05, 3.63) is 46.9 Å². The third-order valence-electron chi connectivity index (χ3n) is 3.22. The first-order valence-corrected chi connectivity index (χ1v) is 7.59. The molecule has 0 saturated heterocycles.